The molecule has 21 heavy (non-hydrogen) atoms. The Morgan fingerprint density at radius 3 is 2.05 bits per heavy atom. The van der Waals surface area contributed by atoms with Gasteiger partial charge >= 0.3 is 18.0 Å². The molecule has 0 atom stereocenters. The topological polar surface area (TPSA) is 28.7 Å². The second-order valence-electron chi connectivity index (χ2n) is 4.02. The molecule has 0 spiro atoms. The Balaban J connectivity index is 2.63. The Labute approximate surface area is 129 Å². The van der Waals surface area contributed by atoms with Crippen molar-refractivity contribution in [2.24, 2.45) is 0 Å². The zero-order valence-corrected chi connectivity index (χ0v) is 12.7. The number of nitrogens with one attached hydrogen (secondary N) is 1. The van der Waals surface area contributed by atoms with E-state index in [4.69, 9.17) is 0 Å². The van der Waals surface area contributed by atoms with Gasteiger partial charge in [0, 0.05) is 8.95 Å². The van der Waals surface area contributed by atoms with Gasteiger partial charge in [-0.05, 0) is 28.1 Å². The summed E-state index contributed by atoms with van der Waals surface area (Å²) in [6, 6.07) is 2.60. The van der Waals surface area contributed by atoms with Gasteiger partial charge in [0.15, 0.2) is 5.82 Å². The highest BCUT2D eigenvalue weighted by atomic mass is 79.9. The zero-order chi connectivity index (χ0) is 16.2. The van der Waals surface area contributed by atoms with Crippen molar-refractivity contribution in [2.75, 3.05) is 0 Å². The highest BCUT2D eigenvalue weighted by Gasteiger charge is 2.74. The summed E-state index contributed by atoms with van der Waals surface area (Å²) < 4.78 is 89.8. The van der Waals surface area contributed by atoms with E-state index in [-0.39, 0.29) is 15.5 Å². The molecule has 2 aromatic rings. The van der Waals surface area contributed by atoms with E-state index in [0.29, 0.717) is 4.47 Å². The van der Waals surface area contributed by atoms with Gasteiger partial charge in [0.1, 0.15) is 5.52 Å². The van der Waals surface area contributed by atoms with Gasteiger partial charge in [-0.25, -0.2) is 4.98 Å². The Morgan fingerprint density at radius 2 is 1.52 bits per heavy atom. The van der Waals surface area contributed by atoms with Crippen LogP contribution in [-0.4, -0.2) is 22.1 Å². The molecule has 1 aromatic carbocycles. The number of halogens is 9. The van der Waals surface area contributed by atoms with Crippen LogP contribution in [0, 0.1) is 0 Å². The van der Waals surface area contributed by atoms with Crippen LogP contribution in [0.2, 0.25) is 0 Å². The molecular weight excluding hydrogens is 441 g/mol. The van der Waals surface area contributed by atoms with Gasteiger partial charge in [-0.3, -0.25) is 0 Å². The molecule has 0 radical (unpaired) electrons. The lowest BCUT2D eigenvalue weighted by Crippen LogP contribution is -2.50. The SMILES string of the molecule is FC(F)(F)C(F)(F)C(F)(F)c1nc2c(Br)cc(Br)cc2[nH]1. The molecule has 0 aliphatic heterocycles. The average molecular weight is 444 g/mol. The molecule has 0 aliphatic carbocycles. The van der Waals surface area contributed by atoms with Crippen molar-refractivity contribution in [2.45, 2.75) is 18.0 Å². The van der Waals surface area contributed by atoms with Gasteiger partial charge in [0.05, 0.1) is 5.52 Å². The number of rotatable bonds is 2. The minimum Gasteiger partial charge on any atom is -0.337 e. The van der Waals surface area contributed by atoms with E-state index >= 15 is 0 Å². The summed E-state index contributed by atoms with van der Waals surface area (Å²) in [7, 11) is 0. The molecule has 0 amide bonds. The maximum atomic E-state index is 13.5. The molecule has 1 heterocycles. The molecule has 0 bridgehead atoms. The van der Waals surface area contributed by atoms with Gasteiger partial charge in [0.2, 0.25) is 0 Å². The lowest BCUT2D eigenvalue weighted by Gasteiger charge is -2.26. The van der Waals surface area contributed by atoms with E-state index in [9.17, 15) is 30.7 Å². The first-order valence-electron chi connectivity index (χ1n) is 5.05. The van der Waals surface area contributed by atoms with E-state index in [1.165, 1.54) is 12.1 Å². The standard InChI is InChI=1S/C10H3Br2F7N2/c11-3-1-4(12)6-5(2-3)20-7(21-6)8(13,14)9(15,16)10(17,18)19/h1-2H,(H,20,21). The van der Waals surface area contributed by atoms with Gasteiger partial charge in [-0.15, -0.1) is 0 Å². The van der Waals surface area contributed by atoms with Crippen molar-refractivity contribution >= 4 is 42.9 Å². The summed E-state index contributed by atoms with van der Waals surface area (Å²) in [5, 5.41) is 0. The smallest absolute Gasteiger partial charge is 0.337 e. The van der Waals surface area contributed by atoms with Gasteiger partial charge in [0.25, 0.3) is 0 Å². The van der Waals surface area contributed by atoms with E-state index < -0.39 is 23.8 Å². The maximum Gasteiger partial charge on any atom is 0.460 e. The number of H-pyrrole nitrogens is 1. The maximum absolute atomic E-state index is 13.5. The Kier molecular flexibility index (Phi) is 3.80. The molecular formula is C10H3Br2F7N2. The molecule has 0 aliphatic rings. The third-order valence-corrected chi connectivity index (χ3v) is 3.61. The van der Waals surface area contributed by atoms with Gasteiger partial charge in [-0.1, -0.05) is 15.9 Å². The van der Waals surface area contributed by atoms with Crippen molar-refractivity contribution in [3.05, 3.63) is 26.9 Å². The minimum atomic E-state index is -6.41. The monoisotopic (exact) mass is 442 g/mol. The molecule has 0 unspecified atom stereocenters. The van der Waals surface area contributed by atoms with Crippen LogP contribution in [-0.2, 0) is 5.92 Å². The van der Waals surface area contributed by atoms with Crippen molar-refractivity contribution in [3.63, 3.8) is 0 Å². The fraction of sp³-hybridized carbons (Fsp3) is 0.300. The Morgan fingerprint density at radius 1 is 0.952 bits per heavy atom. The second kappa shape index (κ2) is 4.83. The summed E-state index contributed by atoms with van der Waals surface area (Å²) in [4.78, 5) is 4.95. The van der Waals surface area contributed by atoms with Crippen LogP contribution in [0.1, 0.15) is 5.82 Å². The normalized spacial score (nSPS) is 14.0. The fourth-order valence-corrected chi connectivity index (χ4v) is 2.83. The number of nitrogens with zero attached hydrogens (tertiary/aromatic N) is 1. The molecule has 2 rings (SSSR count). The summed E-state index contributed by atoms with van der Waals surface area (Å²) >= 11 is 5.97. The summed E-state index contributed by atoms with van der Waals surface area (Å²) in [6.07, 6.45) is -6.41. The van der Waals surface area contributed by atoms with Crippen molar-refractivity contribution in [1.29, 1.82) is 0 Å². The zero-order valence-electron chi connectivity index (χ0n) is 9.50. The second-order valence-corrected chi connectivity index (χ2v) is 5.79. The van der Waals surface area contributed by atoms with Crippen LogP contribution in [0.4, 0.5) is 30.7 Å². The third-order valence-electron chi connectivity index (χ3n) is 2.55. The van der Waals surface area contributed by atoms with E-state index in [0.717, 1.165) is 0 Å². The lowest BCUT2D eigenvalue weighted by molar-refractivity contribution is -0.361. The number of fused-ring (bicyclic) bond motifs is 1. The average Bonchev–Trinajstić information content (AvgIpc) is 2.71. The van der Waals surface area contributed by atoms with Crippen LogP contribution in [0.3, 0.4) is 0 Å². The number of alkyl halides is 7. The highest BCUT2D eigenvalue weighted by molar-refractivity contribution is 9.11. The molecule has 0 fully saturated rings. The van der Waals surface area contributed by atoms with Crippen LogP contribution in [0.5, 0.6) is 0 Å². The van der Waals surface area contributed by atoms with Crippen molar-refractivity contribution < 1.29 is 30.7 Å². The predicted octanol–water partition coefficient (Wildman–Crippen LogP) is 5.38. The largest absolute Gasteiger partial charge is 0.460 e. The molecule has 1 aromatic heterocycles. The number of benzene rings is 1. The van der Waals surface area contributed by atoms with E-state index in [1.807, 2.05) is 0 Å². The van der Waals surface area contributed by atoms with Crippen LogP contribution in [0.15, 0.2) is 21.1 Å². The summed E-state index contributed by atoms with van der Waals surface area (Å²) in [5.41, 5.74) is -0.310. The first-order chi connectivity index (χ1) is 9.38. The number of hydrogen-bond donors (Lipinski definition) is 1. The summed E-state index contributed by atoms with van der Waals surface area (Å²) in [6.45, 7) is 0. The number of aromatic amines is 1. The van der Waals surface area contributed by atoms with Crippen molar-refractivity contribution in [1.82, 2.24) is 9.97 Å². The number of aromatic nitrogens is 2. The Hall–Kier alpha value is -0.840. The van der Waals surface area contributed by atoms with Crippen LogP contribution >= 0.6 is 31.9 Å². The first kappa shape index (κ1) is 16.5. The van der Waals surface area contributed by atoms with E-state index in [2.05, 4.69) is 36.8 Å². The quantitative estimate of drug-likeness (QED) is 0.620. The molecule has 0 saturated heterocycles. The number of hydrogen-bond acceptors (Lipinski definition) is 1. The van der Waals surface area contributed by atoms with Gasteiger partial charge < -0.3 is 4.98 Å². The minimum absolute atomic E-state index is 0.121. The molecule has 1 N–H and O–H groups in total. The highest BCUT2D eigenvalue weighted by Crippen LogP contribution is 2.51. The third kappa shape index (κ3) is 2.54. The molecule has 116 valence electrons. The molecule has 2 nitrogen and oxygen atoms in total. The van der Waals surface area contributed by atoms with Crippen molar-refractivity contribution in [3.8, 4) is 0 Å². The lowest BCUT2D eigenvalue weighted by atomic mass is 10.1. The van der Waals surface area contributed by atoms with Crippen LogP contribution < -0.4 is 0 Å². The van der Waals surface area contributed by atoms with Gasteiger partial charge in [-0.2, -0.15) is 30.7 Å². The fourth-order valence-electron chi connectivity index (χ4n) is 1.52. The molecule has 11 heteroatoms. The first-order valence-corrected chi connectivity index (χ1v) is 6.64. The Bertz CT molecular complexity index is 693. The van der Waals surface area contributed by atoms with E-state index in [1.54, 1.807) is 4.98 Å². The molecule has 0 saturated carbocycles. The number of imidazole rings is 1. The summed E-state index contributed by atoms with van der Waals surface area (Å²) in [5.74, 6) is -13.5. The van der Waals surface area contributed by atoms with Crippen LogP contribution in [0.25, 0.3) is 11.0 Å². The predicted molar refractivity (Wildman–Crippen MR) is 66.4 cm³/mol.